The molecular formula is C12H15Cl2N. The molecule has 1 fully saturated rings. The minimum absolute atomic E-state index is 0.0992. The van der Waals surface area contributed by atoms with Crippen molar-refractivity contribution in [1.82, 2.24) is 5.32 Å². The second-order valence-electron chi connectivity index (χ2n) is 4.47. The topological polar surface area (TPSA) is 12.0 Å². The number of hydrogen-bond donors (Lipinski definition) is 1. The molecule has 1 aromatic rings. The van der Waals surface area contributed by atoms with Gasteiger partial charge < -0.3 is 5.32 Å². The molecular weight excluding hydrogens is 229 g/mol. The Bertz CT molecular complexity index is 378. The van der Waals surface area contributed by atoms with E-state index in [1.165, 1.54) is 0 Å². The van der Waals surface area contributed by atoms with Crippen LogP contribution < -0.4 is 5.32 Å². The average molecular weight is 244 g/mol. The summed E-state index contributed by atoms with van der Waals surface area (Å²) >= 11 is 12.3. The zero-order valence-corrected chi connectivity index (χ0v) is 10.5. The molecule has 1 saturated heterocycles. The quantitative estimate of drug-likeness (QED) is 0.795. The van der Waals surface area contributed by atoms with Gasteiger partial charge in [0, 0.05) is 21.5 Å². The molecule has 1 aliphatic heterocycles. The highest BCUT2D eigenvalue weighted by molar-refractivity contribution is 6.33. The van der Waals surface area contributed by atoms with Crippen LogP contribution in [0.3, 0.4) is 0 Å². The smallest absolute Gasteiger partial charge is 0.0445 e. The molecule has 0 bridgehead atoms. The van der Waals surface area contributed by atoms with Gasteiger partial charge in [-0.2, -0.15) is 0 Å². The van der Waals surface area contributed by atoms with Crippen molar-refractivity contribution in [1.29, 1.82) is 0 Å². The first-order valence-electron chi connectivity index (χ1n) is 5.23. The van der Waals surface area contributed by atoms with Gasteiger partial charge in [-0.1, -0.05) is 30.1 Å². The lowest BCUT2D eigenvalue weighted by molar-refractivity contribution is 0.427. The summed E-state index contributed by atoms with van der Waals surface area (Å²) in [5.41, 5.74) is 1.26. The zero-order valence-electron chi connectivity index (χ0n) is 8.98. The lowest BCUT2D eigenvalue weighted by Gasteiger charge is -2.30. The Morgan fingerprint density at radius 2 is 2.13 bits per heavy atom. The second kappa shape index (κ2) is 3.97. The minimum atomic E-state index is 0.0992. The fraction of sp³-hybridized carbons (Fsp3) is 0.500. The van der Waals surface area contributed by atoms with E-state index in [4.69, 9.17) is 23.2 Å². The summed E-state index contributed by atoms with van der Waals surface area (Å²) < 4.78 is 0. The summed E-state index contributed by atoms with van der Waals surface area (Å²) in [6.45, 7) is 5.49. The van der Waals surface area contributed by atoms with E-state index in [2.05, 4.69) is 19.2 Å². The first-order valence-corrected chi connectivity index (χ1v) is 5.98. The van der Waals surface area contributed by atoms with Gasteiger partial charge in [0.25, 0.3) is 0 Å². The number of hydrogen-bond acceptors (Lipinski definition) is 1. The lowest BCUT2D eigenvalue weighted by Crippen LogP contribution is -2.35. The van der Waals surface area contributed by atoms with Crippen LogP contribution in [-0.2, 0) is 5.41 Å². The SMILES string of the molecule is CC1NCCC1(C)c1cc(Cl)ccc1Cl. The van der Waals surface area contributed by atoms with E-state index in [0.29, 0.717) is 6.04 Å². The fourth-order valence-corrected chi connectivity index (χ4v) is 2.80. The minimum Gasteiger partial charge on any atom is -0.313 e. The van der Waals surface area contributed by atoms with Crippen LogP contribution in [0.5, 0.6) is 0 Å². The molecule has 3 heteroatoms. The predicted octanol–water partition coefficient (Wildman–Crippen LogP) is 3.63. The Hall–Kier alpha value is -0.240. The van der Waals surface area contributed by atoms with Gasteiger partial charge in [0.2, 0.25) is 0 Å². The first kappa shape index (κ1) is 11.3. The van der Waals surface area contributed by atoms with Crippen LogP contribution in [0.15, 0.2) is 18.2 Å². The van der Waals surface area contributed by atoms with Crippen LogP contribution in [0, 0.1) is 0 Å². The molecule has 0 amide bonds. The van der Waals surface area contributed by atoms with Crippen molar-refractivity contribution in [3.05, 3.63) is 33.8 Å². The van der Waals surface area contributed by atoms with E-state index in [0.717, 1.165) is 28.6 Å². The number of nitrogens with one attached hydrogen (secondary N) is 1. The molecule has 0 spiro atoms. The monoisotopic (exact) mass is 243 g/mol. The van der Waals surface area contributed by atoms with E-state index in [1.807, 2.05) is 18.2 Å². The van der Waals surface area contributed by atoms with Gasteiger partial charge in [-0.3, -0.25) is 0 Å². The molecule has 1 heterocycles. The van der Waals surface area contributed by atoms with Crippen LogP contribution in [0.1, 0.15) is 25.8 Å². The number of rotatable bonds is 1. The van der Waals surface area contributed by atoms with Gasteiger partial charge in [-0.25, -0.2) is 0 Å². The Balaban J connectivity index is 2.48. The average Bonchev–Trinajstić information content (AvgIpc) is 2.52. The molecule has 1 nitrogen and oxygen atoms in total. The highest BCUT2D eigenvalue weighted by Gasteiger charge is 2.38. The van der Waals surface area contributed by atoms with Gasteiger partial charge >= 0.3 is 0 Å². The Morgan fingerprint density at radius 3 is 2.73 bits per heavy atom. The maximum absolute atomic E-state index is 6.24. The Labute approximate surface area is 101 Å². The van der Waals surface area contributed by atoms with Crippen LogP contribution in [0.25, 0.3) is 0 Å². The predicted molar refractivity (Wildman–Crippen MR) is 65.9 cm³/mol. The molecule has 0 aromatic heterocycles. The van der Waals surface area contributed by atoms with E-state index >= 15 is 0 Å². The van der Waals surface area contributed by atoms with Crippen molar-refractivity contribution < 1.29 is 0 Å². The molecule has 2 unspecified atom stereocenters. The van der Waals surface area contributed by atoms with E-state index in [9.17, 15) is 0 Å². The molecule has 0 saturated carbocycles. The van der Waals surface area contributed by atoms with E-state index in [1.54, 1.807) is 0 Å². The standard InChI is InChI=1S/C12H15Cl2N/c1-8-12(2,5-6-15-8)10-7-9(13)3-4-11(10)14/h3-4,7-8,15H,5-6H2,1-2H3. The van der Waals surface area contributed by atoms with Gasteiger partial charge in [0.15, 0.2) is 0 Å². The Morgan fingerprint density at radius 1 is 1.40 bits per heavy atom. The van der Waals surface area contributed by atoms with Gasteiger partial charge in [0.1, 0.15) is 0 Å². The van der Waals surface area contributed by atoms with Crippen molar-refractivity contribution in [2.24, 2.45) is 0 Å². The number of benzene rings is 1. The van der Waals surface area contributed by atoms with Crippen LogP contribution in [0.4, 0.5) is 0 Å². The Kier molecular flexibility index (Phi) is 2.98. The van der Waals surface area contributed by atoms with Crippen LogP contribution in [-0.4, -0.2) is 12.6 Å². The highest BCUT2D eigenvalue weighted by atomic mass is 35.5. The maximum atomic E-state index is 6.24. The third-order valence-corrected chi connectivity index (χ3v) is 4.16. The van der Waals surface area contributed by atoms with Gasteiger partial charge in [0.05, 0.1) is 0 Å². The molecule has 0 aliphatic carbocycles. The molecule has 1 N–H and O–H groups in total. The molecule has 2 rings (SSSR count). The van der Waals surface area contributed by atoms with Crippen molar-refractivity contribution in [3.63, 3.8) is 0 Å². The van der Waals surface area contributed by atoms with Crippen LogP contribution in [0.2, 0.25) is 10.0 Å². The largest absolute Gasteiger partial charge is 0.313 e. The molecule has 1 aromatic carbocycles. The maximum Gasteiger partial charge on any atom is 0.0445 e. The normalized spacial score (nSPS) is 30.8. The molecule has 82 valence electrons. The van der Waals surface area contributed by atoms with Gasteiger partial charge in [-0.05, 0) is 43.7 Å². The summed E-state index contributed by atoms with van der Waals surface area (Å²) in [5, 5.41) is 5.03. The van der Waals surface area contributed by atoms with E-state index < -0.39 is 0 Å². The van der Waals surface area contributed by atoms with Crippen LogP contribution >= 0.6 is 23.2 Å². The molecule has 0 radical (unpaired) electrons. The molecule has 15 heavy (non-hydrogen) atoms. The fourth-order valence-electron chi connectivity index (χ4n) is 2.29. The van der Waals surface area contributed by atoms with Crippen molar-refractivity contribution >= 4 is 23.2 Å². The van der Waals surface area contributed by atoms with Gasteiger partial charge in [-0.15, -0.1) is 0 Å². The van der Waals surface area contributed by atoms with Crippen molar-refractivity contribution in [2.45, 2.75) is 31.7 Å². The van der Waals surface area contributed by atoms with E-state index in [-0.39, 0.29) is 5.41 Å². The third kappa shape index (κ3) is 1.89. The van der Waals surface area contributed by atoms with Crippen molar-refractivity contribution in [3.8, 4) is 0 Å². The summed E-state index contributed by atoms with van der Waals surface area (Å²) in [6.07, 6.45) is 1.11. The first-order chi connectivity index (χ1) is 7.04. The zero-order chi connectivity index (χ0) is 11.1. The number of halogens is 2. The highest BCUT2D eigenvalue weighted by Crippen LogP contribution is 2.39. The van der Waals surface area contributed by atoms with Crippen molar-refractivity contribution in [2.75, 3.05) is 6.54 Å². The summed E-state index contributed by atoms with van der Waals surface area (Å²) in [6, 6.07) is 6.15. The lowest BCUT2D eigenvalue weighted by atomic mass is 9.77. The summed E-state index contributed by atoms with van der Waals surface area (Å²) in [4.78, 5) is 0. The summed E-state index contributed by atoms with van der Waals surface area (Å²) in [7, 11) is 0. The molecule has 2 atom stereocenters. The third-order valence-electron chi connectivity index (χ3n) is 3.59. The summed E-state index contributed by atoms with van der Waals surface area (Å²) in [5.74, 6) is 0. The molecule has 1 aliphatic rings. The second-order valence-corrected chi connectivity index (χ2v) is 5.31.